The summed E-state index contributed by atoms with van der Waals surface area (Å²) >= 11 is 0. The van der Waals surface area contributed by atoms with E-state index in [-0.39, 0.29) is 6.04 Å². The van der Waals surface area contributed by atoms with Crippen LogP contribution in [0.2, 0.25) is 0 Å². The Balaban J connectivity index is 4.27. The van der Waals surface area contributed by atoms with Crippen LogP contribution in [0, 0.1) is 10.1 Å². The average Bonchev–Trinajstić information content (AvgIpc) is 2.20. The van der Waals surface area contributed by atoms with E-state index in [1.807, 2.05) is 6.92 Å². The largest absolute Gasteiger partial charge is 0.382 e. The monoisotopic (exact) mass is 216 g/mol. The predicted molar refractivity (Wildman–Crippen MR) is 59.6 cm³/mol. The number of nitrogens with two attached hydrogens (primary N) is 2. The molecule has 0 rings (SSSR count). The summed E-state index contributed by atoms with van der Waals surface area (Å²) in [6.45, 7) is 3.23. The third kappa shape index (κ3) is 6.87. The van der Waals surface area contributed by atoms with Gasteiger partial charge in [0.25, 0.3) is 6.20 Å². The molecule has 0 aromatic heterocycles. The Labute approximate surface area is 89.9 Å². The smallest absolute Gasteiger partial charge is 0.254 e. The molecule has 0 aliphatic rings. The summed E-state index contributed by atoms with van der Waals surface area (Å²) in [7, 11) is 0. The fourth-order valence-electron chi connectivity index (χ4n) is 1.15. The van der Waals surface area contributed by atoms with Crippen molar-refractivity contribution < 1.29 is 4.92 Å². The van der Waals surface area contributed by atoms with Crippen molar-refractivity contribution >= 4 is 0 Å². The highest BCUT2D eigenvalue weighted by Gasteiger charge is 2.11. The quantitative estimate of drug-likeness (QED) is 0.396. The Morgan fingerprint density at radius 3 is 2.80 bits per heavy atom. The zero-order valence-corrected chi connectivity index (χ0v) is 9.11. The van der Waals surface area contributed by atoms with Gasteiger partial charge in [-0.2, -0.15) is 0 Å². The number of hydrogen-bond donors (Lipinski definition) is 3. The molecular formula is C9H20N4O2. The molecule has 0 aliphatic carbocycles. The van der Waals surface area contributed by atoms with Gasteiger partial charge in [0, 0.05) is 6.54 Å². The van der Waals surface area contributed by atoms with Gasteiger partial charge in [0.1, 0.15) is 0 Å². The fraction of sp³-hybridized carbons (Fsp3) is 0.778. The second kappa shape index (κ2) is 8.19. The molecule has 6 nitrogen and oxygen atoms in total. The first-order valence-corrected chi connectivity index (χ1v) is 5.16. The van der Waals surface area contributed by atoms with E-state index in [0.29, 0.717) is 25.2 Å². The number of nitrogens with one attached hydrogen (secondary N) is 1. The van der Waals surface area contributed by atoms with Crippen molar-refractivity contribution in [2.24, 2.45) is 11.5 Å². The van der Waals surface area contributed by atoms with Gasteiger partial charge in [-0.1, -0.05) is 6.92 Å². The molecule has 0 aromatic carbocycles. The lowest BCUT2D eigenvalue weighted by molar-refractivity contribution is -0.404. The van der Waals surface area contributed by atoms with Gasteiger partial charge in [-0.25, -0.2) is 0 Å². The predicted octanol–water partition coefficient (Wildman–Crippen LogP) is 0.170. The van der Waals surface area contributed by atoms with E-state index in [0.717, 1.165) is 19.0 Å². The molecule has 0 heterocycles. The van der Waals surface area contributed by atoms with Crippen LogP contribution in [0.4, 0.5) is 0 Å². The normalized spacial score (nSPS) is 13.7. The molecule has 0 saturated carbocycles. The Hall–Kier alpha value is -1.14. The van der Waals surface area contributed by atoms with Gasteiger partial charge in [0.05, 0.1) is 16.7 Å². The third-order valence-corrected chi connectivity index (χ3v) is 1.94. The van der Waals surface area contributed by atoms with Crippen LogP contribution in [-0.2, 0) is 0 Å². The molecule has 1 atom stereocenters. The molecular weight excluding hydrogens is 196 g/mol. The third-order valence-electron chi connectivity index (χ3n) is 1.94. The molecule has 0 saturated heterocycles. The minimum Gasteiger partial charge on any atom is -0.382 e. The lowest BCUT2D eigenvalue weighted by atomic mass is 10.1. The van der Waals surface area contributed by atoms with Crippen molar-refractivity contribution in [1.29, 1.82) is 0 Å². The Morgan fingerprint density at radius 1 is 1.67 bits per heavy atom. The van der Waals surface area contributed by atoms with E-state index in [4.69, 9.17) is 11.5 Å². The van der Waals surface area contributed by atoms with Crippen LogP contribution < -0.4 is 16.8 Å². The summed E-state index contributed by atoms with van der Waals surface area (Å²) < 4.78 is 0. The SMILES string of the molecule is CCCNC(=C[N+](=O)[O-])C(N)CCCN. The molecule has 15 heavy (non-hydrogen) atoms. The molecule has 5 N–H and O–H groups in total. The van der Waals surface area contributed by atoms with Crippen LogP contribution in [0.15, 0.2) is 11.9 Å². The van der Waals surface area contributed by atoms with E-state index in [1.54, 1.807) is 0 Å². The second-order valence-electron chi connectivity index (χ2n) is 3.33. The molecule has 0 aromatic rings. The van der Waals surface area contributed by atoms with E-state index in [9.17, 15) is 10.1 Å². The van der Waals surface area contributed by atoms with E-state index >= 15 is 0 Å². The highest BCUT2D eigenvalue weighted by atomic mass is 16.6. The minimum absolute atomic E-state index is 0.328. The average molecular weight is 216 g/mol. The molecule has 0 radical (unpaired) electrons. The van der Waals surface area contributed by atoms with Gasteiger partial charge < -0.3 is 16.8 Å². The van der Waals surface area contributed by atoms with Crippen LogP contribution in [0.25, 0.3) is 0 Å². The van der Waals surface area contributed by atoms with Crippen LogP contribution in [-0.4, -0.2) is 24.1 Å². The number of hydrogen-bond acceptors (Lipinski definition) is 5. The van der Waals surface area contributed by atoms with Crippen LogP contribution >= 0.6 is 0 Å². The van der Waals surface area contributed by atoms with Crippen molar-refractivity contribution in [1.82, 2.24) is 5.32 Å². The van der Waals surface area contributed by atoms with Crippen LogP contribution in [0.1, 0.15) is 26.2 Å². The zero-order valence-electron chi connectivity index (χ0n) is 9.11. The number of nitrogens with zero attached hydrogens (tertiary/aromatic N) is 1. The summed E-state index contributed by atoms with van der Waals surface area (Å²) in [5.74, 6) is 0. The van der Waals surface area contributed by atoms with Crippen molar-refractivity contribution in [3.05, 3.63) is 22.0 Å². The maximum Gasteiger partial charge on any atom is 0.254 e. The van der Waals surface area contributed by atoms with E-state index < -0.39 is 4.92 Å². The van der Waals surface area contributed by atoms with Crippen LogP contribution in [0.3, 0.4) is 0 Å². The number of rotatable bonds is 8. The summed E-state index contributed by atoms with van der Waals surface area (Å²) in [4.78, 5) is 9.87. The van der Waals surface area contributed by atoms with Gasteiger partial charge in [-0.3, -0.25) is 10.1 Å². The lowest BCUT2D eigenvalue weighted by Gasteiger charge is -2.14. The van der Waals surface area contributed by atoms with Gasteiger partial charge in [0.15, 0.2) is 0 Å². The zero-order chi connectivity index (χ0) is 11.7. The highest BCUT2D eigenvalue weighted by molar-refractivity contribution is 5.04. The van der Waals surface area contributed by atoms with Gasteiger partial charge in [0.2, 0.25) is 0 Å². The first-order chi connectivity index (χ1) is 7.11. The molecule has 6 heteroatoms. The molecule has 0 spiro atoms. The number of nitro groups is 1. The van der Waals surface area contributed by atoms with Crippen molar-refractivity contribution in [3.63, 3.8) is 0 Å². The molecule has 0 fully saturated rings. The molecule has 88 valence electrons. The van der Waals surface area contributed by atoms with Gasteiger partial charge in [-0.15, -0.1) is 0 Å². The molecule has 0 amide bonds. The maximum absolute atomic E-state index is 10.4. The van der Waals surface area contributed by atoms with Crippen molar-refractivity contribution in [2.75, 3.05) is 13.1 Å². The van der Waals surface area contributed by atoms with E-state index in [2.05, 4.69) is 5.32 Å². The standard InChI is InChI=1S/C9H20N4O2/c1-2-6-12-9(7-13(14)15)8(11)4-3-5-10/h7-8,12H,2-6,10-11H2,1H3. The van der Waals surface area contributed by atoms with Crippen molar-refractivity contribution in [3.8, 4) is 0 Å². The first kappa shape index (κ1) is 13.9. The minimum atomic E-state index is -0.486. The first-order valence-electron chi connectivity index (χ1n) is 5.16. The fourth-order valence-corrected chi connectivity index (χ4v) is 1.15. The van der Waals surface area contributed by atoms with Crippen molar-refractivity contribution in [2.45, 2.75) is 32.2 Å². The molecule has 0 aliphatic heterocycles. The second-order valence-corrected chi connectivity index (χ2v) is 3.33. The Morgan fingerprint density at radius 2 is 2.33 bits per heavy atom. The van der Waals surface area contributed by atoms with Gasteiger partial charge >= 0.3 is 0 Å². The van der Waals surface area contributed by atoms with Crippen LogP contribution in [0.5, 0.6) is 0 Å². The Bertz CT molecular complexity index is 218. The summed E-state index contributed by atoms with van der Waals surface area (Å²) in [6.07, 6.45) is 3.27. The molecule has 1 unspecified atom stereocenters. The lowest BCUT2D eigenvalue weighted by Crippen LogP contribution is -2.33. The summed E-state index contributed by atoms with van der Waals surface area (Å²) in [5, 5.41) is 13.3. The summed E-state index contributed by atoms with van der Waals surface area (Å²) in [5.41, 5.74) is 11.6. The maximum atomic E-state index is 10.4. The Kier molecular flexibility index (Phi) is 7.57. The summed E-state index contributed by atoms with van der Waals surface area (Å²) in [6, 6.07) is -0.328. The molecule has 0 bridgehead atoms. The topological polar surface area (TPSA) is 107 Å². The van der Waals surface area contributed by atoms with E-state index in [1.165, 1.54) is 0 Å². The van der Waals surface area contributed by atoms with Gasteiger partial charge in [-0.05, 0) is 25.8 Å². The highest BCUT2D eigenvalue weighted by Crippen LogP contribution is 2.03.